The molecule has 31 heavy (non-hydrogen) atoms. The van der Waals surface area contributed by atoms with Gasteiger partial charge in [-0.1, -0.05) is 24.3 Å². The number of rotatable bonds is 4. The molecule has 1 fully saturated rings. The third kappa shape index (κ3) is 3.51. The maximum Gasteiger partial charge on any atom is 0.250 e. The summed E-state index contributed by atoms with van der Waals surface area (Å²) in [5, 5.41) is 4.62. The first kappa shape index (κ1) is 19.8. The van der Waals surface area contributed by atoms with Crippen molar-refractivity contribution in [3.63, 3.8) is 0 Å². The van der Waals surface area contributed by atoms with Crippen molar-refractivity contribution >= 4 is 28.4 Å². The quantitative estimate of drug-likeness (QED) is 0.596. The molecule has 2 aromatic carbocycles. The normalized spacial score (nSPS) is 21.1. The Labute approximate surface area is 181 Å². The number of amides is 1. The summed E-state index contributed by atoms with van der Waals surface area (Å²) in [6, 6.07) is 14.4. The Bertz CT molecular complexity index is 1170. The zero-order chi connectivity index (χ0) is 21.5. The standard InChI is InChI=1S/C25H28N4O2/c26-16-9-11-17(12-10-16)28-20-14-15(8-13-18(20)25(27)31)24-19-4-1-2-5-21(19)29-22(24)6-3-7-23(29)30/h1-2,4-5,8,13-14,16-17,28H,3,6-7,9-12,26H2,(H2,27,31). The fraction of sp³-hybridized carbons (Fsp3) is 0.360. The Kier molecular flexibility index (Phi) is 5.02. The first-order chi connectivity index (χ1) is 15.0. The molecular formula is C25H28N4O2. The van der Waals surface area contributed by atoms with Gasteiger partial charge in [0, 0.05) is 40.8 Å². The number of hydrogen-bond donors (Lipinski definition) is 3. The minimum absolute atomic E-state index is 0.148. The Morgan fingerprint density at radius 3 is 2.58 bits per heavy atom. The third-order valence-corrected chi connectivity index (χ3v) is 6.73. The van der Waals surface area contributed by atoms with Gasteiger partial charge in [0.1, 0.15) is 0 Å². The number of nitrogens with one attached hydrogen (secondary N) is 1. The molecule has 2 heterocycles. The zero-order valence-corrected chi connectivity index (χ0v) is 17.6. The van der Waals surface area contributed by atoms with E-state index >= 15 is 0 Å². The SMILES string of the molecule is NC(=O)c1ccc(-c2c3n(c4ccccc24)C(=O)CCC3)cc1NC1CCC(N)CC1. The van der Waals surface area contributed by atoms with E-state index in [1.54, 1.807) is 6.07 Å². The molecule has 0 atom stereocenters. The van der Waals surface area contributed by atoms with Crippen molar-refractivity contribution in [1.29, 1.82) is 0 Å². The average molecular weight is 417 g/mol. The number of carbonyl (C=O) groups is 2. The van der Waals surface area contributed by atoms with Gasteiger partial charge in [-0.3, -0.25) is 14.2 Å². The number of carbonyl (C=O) groups excluding carboxylic acids is 2. The highest BCUT2D eigenvalue weighted by Crippen LogP contribution is 2.39. The van der Waals surface area contributed by atoms with Crippen LogP contribution < -0.4 is 16.8 Å². The zero-order valence-electron chi connectivity index (χ0n) is 17.6. The van der Waals surface area contributed by atoms with Crippen LogP contribution in [-0.4, -0.2) is 28.5 Å². The number of benzene rings is 2. The van der Waals surface area contributed by atoms with Crippen molar-refractivity contribution in [2.24, 2.45) is 11.5 Å². The van der Waals surface area contributed by atoms with Crippen molar-refractivity contribution in [2.45, 2.75) is 57.0 Å². The lowest BCUT2D eigenvalue weighted by molar-refractivity contribution is 0.0889. The maximum atomic E-state index is 12.7. The fourth-order valence-electron chi connectivity index (χ4n) is 5.17. The Balaban J connectivity index is 1.62. The molecule has 1 aromatic heterocycles. The van der Waals surface area contributed by atoms with Crippen LogP contribution in [0.3, 0.4) is 0 Å². The minimum atomic E-state index is -0.444. The highest BCUT2D eigenvalue weighted by atomic mass is 16.2. The molecule has 1 aliphatic heterocycles. The number of primary amides is 1. The van der Waals surface area contributed by atoms with Crippen molar-refractivity contribution in [1.82, 2.24) is 4.57 Å². The predicted octanol–water partition coefficient (Wildman–Crippen LogP) is 4.07. The number of para-hydroxylation sites is 1. The summed E-state index contributed by atoms with van der Waals surface area (Å²) in [6.45, 7) is 0. The second-order valence-electron chi connectivity index (χ2n) is 8.80. The van der Waals surface area contributed by atoms with Crippen LogP contribution in [0.5, 0.6) is 0 Å². The molecule has 6 nitrogen and oxygen atoms in total. The molecule has 160 valence electrons. The lowest BCUT2D eigenvalue weighted by Gasteiger charge is -2.28. The molecule has 1 aliphatic carbocycles. The van der Waals surface area contributed by atoms with E-state index in [2.05, 4.69) is 11.4 Å². The van der Waals surface area contributed by atoms with Gasteiger partial charge in [-0.15, -0.1) is 0 Å². The monoisotopic (exact) mass is 416 g/mol. The van der Waals surface area contributed by atoms with Crippen LogP contribution in [0.1, 0.15) is 59.4 Å². The van der Waals surface area contributed by atoms with Gasteiger partial charge in [0.25, 0.3) is 5.91 Å². The van der Waals surface area contributed by atoms with Gasteiger partial charge in [-0.2, -0.15) is 0 Å². The molecule has 6 heteroatoms. The molecule has 1 saturated carbocycles. The number of anilines is 1. The van der Waals surface area contributed by atoms with Crippen molar-refractivity contribution in [3.05, 3.63) is 53.7 Å². The van der Waals surface area contributed by atoms with Gasteiger partial charge in [-0.05, 0) is 62.3 Å². The second kappa shape index (κ2) is 7.85. The molecule has 2 aliphatic rings. The van der Waals surface area contributed by atoms with Gasteiger partial charge in [-0.25, -0.2) is 0 Å². The summed E-state index contributed by atoms with van der Waals surface area (Å²) in [5.41, 5.74) is 17.1. The van der Waals surface area contributed by atoms with Gasteiger partial charge in [0.05, 0.1) is 11.1 Å². The lowest BCUT2D eigenvalue weighted by atomic mass is 9.91. The number of nitrogens with zero attached hydrogens (tertiary/aromatic N) is 1. The van der Waals surface area contributed by atoms with E-state index in [-0.39, 0.29) is 18.0 Å². The summed E-state index contributed by atoms with van der Waals surface area (Å²) in [7, 11) is 0. The summed E-state index contributed by atoms with van der Waals surface area (Å²) in [4.78, 5) is 24.8. The molecular weight excluding hydrogens is 388 g/mol. The number of aromatic nitrogens is 1. The van der Waals surface area contributed by atoms with Crippen LogP contribution in [0, 0.1) is 0 Å². The number of nitrogens with two attached hydrogens (primary N) is 2. The molecule has 5 N–H and O–H groups in total. The van der Waals surface area contributed by atoms with Gasteiger partial charge in [0.2, 0.25) is 5.91 Å². The highest BCUT2D eigenvalue weighted by molar-refractivity contribution is 6.06. The van der Waals surface area contributed by atoms with Gasteiger partial charge in [0.15, 0.2) is 0 Å². The molecule has 0 bridgehead atoms. The summed E-state index contributed by atoms with van der Waals surface area (Å²) < 4.78 is 1.88. The van der Waals surface area contributed by atoms with E-state index in [1.165, 1.54) is 0 Å². The highest BCUT2D eigenvalue weighted by Gasteiger charge is 2.26. The first-order valence-corrected chi connectivity index (χ1v) is 11.1. The van der Waals surface area contributed by atoms with Crippen LogP contribution in [0.2, 0.25) is 0 Å². The van der Waals surface area contributed by atoms with E-state index in [0.29, 0.717) is 12.0 Å². The Hall–Kier alpha value is -3.12. The third-order valence-electron chi connectivity index (χ3n) is 6.73. The second-order valence-corrected chi connectivity index (χ2v) is 8.80. The molecule has 0 saturated heterocycles. The topological polar surface area (TPSA) is 103 Å². The molecule has 0 spiro atoms. The molecule has 5 rings (SSSR count). The van der Waals surface area contributed by atoms with E-state index in [0.717, 1.165) is 71.9 Å². The van der Waals surface area contributed by atoms with E-state index in [4.69, 9.17) is 11.5 Å². The van der Waals surface area contributed by atoms with E-state index < -0.39 is 5.91 Å². The first-order valence-electron chi connectivity index (χ1n) is 11.1. The van der Waals surface area contributed by atoms with Crippen molar-refractivity contribution < 1.29 is 9.59 Å². The van der Waals surface area contributed by atoms with Gasteiger partial charge < -0.3 is 16.8 Å². The Morgan fingerprint density at radius 2 is 1.81 bits per heavy atom. The summed E-state index contributed by atoms with van der Waals surface area (Å²) >= 11 is 0. The number of fused-ring (bicyclic) bond motifs is 3. The summed E-state index contributed by atoms with van der Waals surface area (Å²) in [5.74, 6) is -0.296. The van der Waals surface area contributed by atoms with E-state index in [1.807, 2.05) is 34.9 Å². The molecule has 3 aromatic rings. The summed E-state index contributed by atoms with van der Waals surface area (Å²) in [6.07, 6.45) is 6.19. The number of hydrogen-bond acceptors (Lipinski definition) is 4. The average Bonchev–Trinajstić information content (AvgIpc) is 3.11. The fourth-order valence-corrected chi connectivity index (χ4v) is 5.17. The molecule has 1 amide bonds. The predicted molar refractivity (Wildman–Crippen MR) is 123 cm³/mol. The lowest BCUT2D eigenvalue weighted by Crippen LogP contribution is -2.33. The minimum Gasteiger partial charge on any atom is -0.382 e. The van der Waals surface area contributed by atoms with Crippen LogP contribution in [0.15, 0.2) is 42.5 Å². The molecule has 0 radical (unpaired) electrons. The Morgan fingerprint density at radius 1 is 1.03 bits per heavy atom. The molecule has 0 unspecified atom stereocenters. The van der Waals surface area contributed by atoms with Gasteiger partial charge >= 0.3 is 0 Å². The van der Waals surface area contributed by atoms with Crippen LogP contribution in [-0.2, 0) is 6.42 Å². The smallest absolute Gasteiger partial charge is 0.250 e. The van der Waals surface area contributed by atoms with Crippen molar-refractivity contribution in [3.8, 4) is 11.1 Å². The van der Waals surface area contributed by atoms with E-state index in [9.17, 15) is 9.59 Å². The van der Waals surface area contributed by atoms with Crippen molar-refractivity contribution in [2.75, 3.05) is 5.32 Å². The van der Waals surface area contributed by atoms with Crippen LogP contribution in [0.25, 0.3) is 22.0 Å². The largest absolute Gasteiger partial charge is 0.382 e. The maximum absolute atomic E-state index is 12.7. The van der Waals surface area contributed by atoms with Crippen LogP contribution >= 0.6 is 0 Å². The van der Waals surface area contributed by atoms with Crippen LogP contribution in [0.4, 0.5) is 5.69 Å².